The summed E-state index contributed by atoms with van der Waals surface area (Å²) in [6.07, 6.45) is 6.50. The zero-order valence-electron chi connectivity index (χ0n) is 16.3. The largest absolute Gasteiger partial charge is 0.501 e. The first kappa shape index (κ1) is 23.7. The molecule has 3 aliphatic carbocycles. The molecule has 1 aromatic carbocycles. The molecule has 10 heteroatoms. The molecular weight excluding hydrogens is 629 g/mol. The molecule has 0 heterocycles. The number of alkyl halides is 4. The maximum atomic E-state index is 12.9. The van der Waals surface area contributed by atoms with Crippen LogP contribution in [0, 0.1) is 5.41 Å². The molecule has 4 rings (SSSR count). The summed E-state index contributed by atoms with van der Waals surface area (Å²) in [5.74, 6) is 0. The standard InChI is InChI=1S/C21H18Br3F3O3S/c1-30-20(24)11-17(22)14(8-18(20)23)16-10-19(6-7-19)9-15(16)12-2-4-13(5-3-12)31(28,29)21(25,26)27/h2-5,8H,6-7,9-11H2,1H3. The minimum atomic E-state index is -5.36. The summed E-state index contributed by atoms with van der Waals surface area (Å²) in [6, 6.07) is 5.06. The molecule has 3 aliphatic rings. The highest BCUT2D eigenvalue weighted by Gasteiger charge is 2.50. The van der Waals surface area contributed by atoms with Gasteiger partial charge in [-0.1, -0.05) is 44.0 Å². The lowest BCUT2D eigenvalue weighted by Gasteiger charge is -2.31. The quantitative estimate of drug-likeness (QED) is 0.321. The SMILES string of the molecule is COC1(Br)CC(Br)=C(C2=C(c3ccc(S(=O)(=O)C(F)(F)F)cc3)CC3(CC3)C2)C=C1Br. The fraction of sp³-hybridized carbons (Fsp3) is 0.429. The minimum absolute atomic E-state index is 0.201. The molecule has 0 N–H and O–H groups in total. The Bertz CT molecular complexity index is 1130. The second kappa shape index (κ2) is 7.82. The molecule has 0 aromatic heterocycles. The molecule has 168 valence electrons. The molecule has 1 aromatic rings. The van der Waals surface area contributed by atoms with E-state index >= 15 is 0 Å². The molecule has 1 fully saturated rings. The number of hydrogen-bond acceptors (Lipinski definition) is 3. The third kappa shape index (κ3) is 4.16. The Morgan fingerprint density at radius 1 is 1.00 bits per heavy atom. The van der Waals surface area contributed by atoms with Crippen LogP contribution >= 0.6 is 47.8 Å². The molecule has 31 heavy (non-hydrogen) atoms. The lowest BCUT2D eigenvalue weighted by Crippen LogP contribution is -2.26. The Balaban J connectivity index is 1.76. The van der Waals surface area contributed by atoms with Gasteiger partial charge in [0.15, 0.2) is 4.51 Å². The number of hydrogen-bond donors (Lipinski definition) is 0. The molecular formula is C21H18Br3F3O3S. The van der Waals surface area contributed by atoms with Gasteiger partial charge in [0.25, 0.3) is 9.84 Å². The number of rotatable bonds is 4. The highest BCUT2D eigenvalue weighted by atomic mass is 79.9. The molecule has 0 radical (unpaired) electrons. The van der Waals surface area contributed by atoms with Crippen molar-refractivity contribution in [3.05, 3.63) is 56.0 Å². The molecule has 0 amide bonds. The Kier molecular flexibility index (Phi) is 5.99. The van der Waals surface area contributed by atoms with Gasteiger partial charge in [-0.25, -0.2) is 8.42 Å². The van der Waals surface area contributed by atoms with Gasteiger partial charge in [-0.2, -0.15) is 13.2 Å². The van der Waals surface area contributed by atoms with E-state index < -0.39 is 24.8 Å². The second-order valence-electron chi connectivity index (χ2n) is 8.20. The van der Waals surface area contributed by atoms with Crippen LogP contribution in [0.25, 0.3) is 5.57 Å². The van der Waals surface area contributed by atoms with Crippen LogP contribution in [0.5, 0.6) is 0 Å². The van der Waals surface area contributed by atoms with E-state index in [4.69, 9.17) is 4.74 Å². The summed E-state index contributed by atoms with van der Waals surface area (Å²) < 4.78 is 68.8. The number of halogens is 6. The van der Waals surface area contributed by atoms with Gasteiger partial charge in [0.1, 0.15) is 0 Å². The Labute approximate surface area is 204 Å². The first-order valence-electron chi connectivity index (χ1n) is 9.46. The van der Waals surface area contributed by atoms with Crippen LogP contribution in [0.2, 0.25) is 0 Å². The molecule has 0 aliphatic heterocycles. The van der Waals surface area contributed by atoms with Gasteiger partial charge < -0.3 is 4.74 Å². The van der Waals surface area contributed by atoms with Crippen molar-refractivity contribution in [1.29, 1.82) is 0 Å². The fourth-order valence-corrected chi connectivity index (χ4v) is 6.98. The van der Waals surface area contributed by atoms with E-state index in [-0.39, 0.29) is 5.41 Å². The van der Waals surface area contributed by atoms with Gasteiger partial charge in [0.05, 0.1) is 4.90 Å². The van der Waals surface area contributed by atoms with Crippen LogP contribution in [0.1, 0.15) is 37.7 Å². The van der Waals surface area contributed by atoms with Crippen LogP contribution in [-0.2, 0) is 14.6 Å². The Morgan fingerprint density at radius 2 is 1.58 bits per heavy atom. The first-order chi connectivity index (χ1) is 14.3. The predicted octanol–water partition coefficient (Wildman–Crippen LogP) is 7.38. The lowest BCUT2D eigenvalue weighted by molar-refractivity contribution is -0.0436. The highest BCUT2D eigenvalue weighted by molar-refractivity contribution is 9.14. The average Bonchev–Trinajstić information content (AvgIpc) is 3.35. The smallest absolute Gasteiger partial charge is 0.362 e. The van der Waals surface area contributed by atoms with Gasteiger partial charge >= 0.3 is 5.51 Å². The summed E-state index contributed by atoms with van der Waals surface area (Å²) in [6.45, 7) is 0. The number of methoxy groups -OCH3 is 1. The third-order valence-electron chi connectivity index (χ3n) is 6.19. The summed E-state index contributed by atoms with van der Waals surface area (Å²) in [7, 11) is -3.74. The molecule has 0 saturated heterocycles. The fourth-order valence-electron chi connectivity index (χ4n) is 4.17. The van der Waals surface area contributed by atoms with Gasteiger partial charge in [-0.15, -0.1) is 0 Å². The summed E-state index contributed by atoms with van der Waals surface area (Å²) in [4.78, 5) is -0.741. The molecule has 0 bridgehead atoms. The average molecular weight is 647 g/mol. The third-order valence-corrected chi connectivity index (χ3v) is 10.8. The Morgan fingerprint density at radius 3 is 2.10 bits per heavy atom. The van der Waals surface area contributed by atoms with Crippen LogP contribution < -0.4 is 0 Å². The van der Waals surface area contributed by atoms with E-state index in [2.05, 4.69) is 47.8 Å². The van der Waals surface area contributed by atoms with Crippen LogP contribution in [0.4, 0.5) is 13.2 Å². The topological polar surface area (TPSA) is 43.4 Å². The zero-order valence-corrected chi connectivity index (χ0v) is 21.9. The van der Waals surface area contributed by atoms with Gasteiger partial charge in [-0.05, 0) is 87.5 Å². The molecule has 1 saturated carbocycles. The predicted molar refractivity (Wildman–Crippen MR) is 124 cm³/mol. The van der Waals surface area contributed by atoms with E-state index in [9.17, 15) is 21.6 Å². The van der Waals surface area contributed by atoms with Gasteiger partial charge in [0, 0.05) is 22.5 Å². The van der Waals surface area contributed by atoms with Crippen molar-refractivity contribution in [3.8, 4) is 0 Å². The molecule has 1 spiro atoms. The summed E-state index contributed by atoms with van der Waals surface area (Å²) in [5, 5.41) is 0. The Hall–Kier alpha value is -0.420. The van der Waals surface area contributed by atoms with E-state index in [1.54, 1.807) is 7.11 Å². The van der Waals surface area contributed by atoms with E-state index in [1.165, 1.54) is 12.1 Å². The lowest BCUT2D eigenvalue weighted by atomic mass is 9.92. The summed E-state index contributed by atoms with van der Waals surface area (Å²) >= 11 is 10.9. The number of allylic oxidation sites excluding steroid dienone is 4. The monoisotopic (exact) mass is 644 g/mol. The molecule has 1 unspecified atom stereocenters. The van der Waals surface area contributed by atoms with Crippen molar-refractivity contribution in [2.45, 2.75) is 47.0 Å². The number of benzene rings is 1. The van der Waals surface area contributed by atoms with E-state index in [1.807, 2.05) is 6.08 Å². The van der Waals surface area contributed by atoms with E-state index in [0.717, 1.165) is 69.1 Å². The minimum Gasteiger partial charge on any atom is -0.362 e. The van der Waals surface area contributed by atoms with Crippen molar-refractivity contribution in [2.24, 2.45) is 5.41 Å². The zero-order chi connectivity index (χ0) is 22.8. The van der Waals surface area contributed by atoms with Crippen molar-refractivity contribution in [1.82, 2.24) is 0 Å². The van der Waals surface area contributed by atoms with Gasteiger partial charge in [0.2, 0.25) is 0 Å². The highest BCUT2D eigenvalue weighted by Crippen LogP contribution is 2.63. The van der Waals surface area contributed by atoms with Crippen LogP contribution in [0.15, 0.2) is 55.3 Å². The summed E-state index contributed by atoms with van der Waals surface area (Å²) in [5.41, 5.74) is -1.14. The number of sulfone groups is 1. The van der Waals surface area contributed by atoms with Crippen molar-refractivity contribution < 1.29 is 26.3 Å². The van der Waals surface area contributed by atoms with Crippen LogP contribution in [0.3, 0.4) is 0 Å². The van der Waals surface area contributed by atoms with Gasteiger partial charge in [-0.3, -0.25) is 0 Å². The first-order valence-corrected chi connectivity index (χ1v) is 13.3. The second-order valence-corrected chi connectivity index (χ2v) is 13.2. The number of ether oxygens (including phenoxy) is 1. The van der Waals surface area contributed by atoms with Crippen molar-refractivity contribution in [3.63, 3.8) is 0 Å². The molecule has 1 atom stereocenters. The molecule has 3 nitrogen and oxygen atoms in total. The normalized spacial score (nSPS) is 26.0. The van der Waals surface area contributed by atoms with Crippen LogP contribution in [-0.4, -0.2) is 25.5 Å². The maximum absolute atomic E-state index is 12.9. The van der Waals surface area contributed by atoms with Crippen molar-refractivity contribution >= 4 is 63.2 Å². The van der Waals surface area contributed by atoms with Crippen molar-refractivity contribution in [2.75, 3.05) is 7.11 Å². The van der Waals surface area contributed by atoms with E-state index in [0.29, 0.717) is 6.42 Å². The maximum Gasteiger partial charge on any atom is 0.501 e.